The number of sulfonamides is 1. The number of ether oxygens (including phenoxy) is 2. The van der Waals surface area contributed by atoms with Crippen LogP contribution in [0.2, 0.25) is 5.02 Å². The van der Waals surface area contributed by atoms with E-state index in [0.29, 0.717) is 75.3 Å². The van der Waals surface area contributed by atoms with Gasteiger partial charge in [0.1, 0.15) is 19.3 Å². The van der Waals surface area contributed by atoms with Crippen molar-refractivity contribution in [2.75, 3.05) is 50.8 Å². The van der Waals surface area contributed by atoms with Crippen LogP contribution in [0.3, 0.4) is 0 Å². The molecule has 5 rings (SSSR count). The molecule has 0 aromatic heterocycles. The van der Waals surface area contributed by atoms with Gasteiger partial charge in [0.05, 0.1) is 4.90 Å². The van der Waals surface area contributed by atoms with Crippen LogP contribution in [0.1, 0.15) is 12.8 Å². The van der Waals surface area contributed by atoms with Gasteiger partial charge in [-0.1, -0.05) is 17.7 Å². The topological polar surface area (TPSA) is 79.4 Å². The van der Waals surface area contributed by atoms with Gasteiger partial charge in [0, 0.05) is 49.5 Å². The fourth-order valence-corrected chi connectivity index (χ4v) is 6.51. The van der Waals surface area contributed by atoms with Gasteiger partial charge in [-0.05, 0) is 43.2 Å². The minimum Gasteiger partial charge on any atom is -0.486 e. The highest BCUT2D eigenvalue weighted by atomic mass is 35.5. The van der Waals surface area contributed by atoms with Gasteiger partial charge in [-0.2, -0.15) is 4.31 Å². The summed E-state index contributed by atoms with van der Waals surface area (Å²) in [5.74, 6) is 0.827. The number of rotatable bonds is 4. The Hall–Kier alpha value is -2.49. The molecule has 3 aliphatic rings. The molecule has 176 valence electrons. The summed E-state index contributed by atoms with van der Waals surface area (Å²) < 4.78 is 39.2. The first-order chi connectivity index (χ1) is 15.9. The van der Waals surface area contributed by atoms with Crippen molar-refractivity contribution < 1.29 is 22.7 Å². The number of piperazine rings is 1. The van der Waals surface area contributed by atoms with Crippen molar-refractivity contribution in [2.24, 2.45) is 0 Å². The second-order valence-corrected chi connectivity index (χ2v) is 10.7. The van der Waals surface area contributed by atoms with E-state index in [0.717, 1.165) is 5.69 Å². The van der Waals surface area contributed by atoms with Crippen molar-refractivity contribution >= 4 is 33.2 Å². The molecule has 1 atom stereocenters. The molecule has 0 aliphatic carbocycles. The molecule has 33 heavy (non-hydrogen) atoms. The third-order valence-corrected chi connectivity index (χ3v) is 8.51. The number of carbonyl (C=O) groups excluding carboxylic acids is 1. The van der Waals surface area contributed by atoms with E-state index in [1.807, 2.05) is 24.3 Å². The van der Waals surface area contributed by atoms with E-state index in [1.165, 1.54) is 16.4 Å². The van der Waals surface area contributed by atoms with Crippen molar-refractivity contribution in [1.29, 1.82) is 0 Å². The summed E-state index contributed by atoms with van der Waals surface area (Å²) in [6.45, 7) is 3.57. The van der Waals surface area contributed by atoms with Crippen LogP contribution in [-0.2, 0) is 14.8 Å². The summed E-state index contributed by atoms with van der Waals surface area (Å²) >= 11 is 6.11. The van der Waals surface area contributed by atoms with Gasteiger partial charge in [-0.15, -0.1) is 0 Å². The zero-order valence-corrected chi connectivity index (χ0v) is 19.7. The first-order valence-corrected chi connectivity index (χ1v) is 13.0. The Morgan fingerprint density at radius 3 is 2.45 bits per heavy atom. The highest BCUT2D eigenvalue weighted by molar-refractivity contribution is 7.89. The molecule has 0 bridgehead atoms. The molecule has 0 radical (unpaired) electrons. The molecule has 10 heteroatoms. The lowest BCUT2D eigenvalue weighted by molar-refractivity contribution is -0.134. The van der Waals surface area contributed by atoms with Gasteiger partial charge >= 0.3 is 0 Å². The Morgan fingerprint density at radius 2 is 1.70 bits per heavy atom. The Balaban J connectivity index is 1.29. The van der Waals surface area contributed by atoms with Crippen LogP contribution in [0.25, 0.3) is 0 Å². The number of amides is 1. The van der Waals surface area contributed by atoms with Crippen LogP contribution in [0.5, 0.6) is 11.5 Å². The maximum Gasteiger partial charge on any atom is 0.243 e. The lowest BCUT2D eigenvalue weighted by atomic mass is 10.1. The molecule has 3 heterocycles. The average molecular weight is 492 g/mol. The maximum atomic E-state index is 13.4. The number of nitrogens with zero attached hydrogens (tertiary/aromatic N) is 3. The first kappa shape index (κ1) is 22.3. The van der Waals surface area contributed by atoms with E-state index in [4.69, 9.17) is 21.1 Å². The number of hydrogen-bond acceptors (Lipinski definition) is 6. The fourth-order valence-electron chi connectivity index (χ4n) is 4.66. The number of halogens is 1. The smallest absolute Gasteiger partial charge is 0.243 e. The normalized spacial score (nSPS) is 21.3. The number of carbonyl (C=O) groups is 1. The van der Waals surface area contributed by atoms with Crippen molar-refractivity contribution in [3.63, 3.8) is 0 Å². The molecular formula is C23H26ClN3O5S. The van der Waals surface area contributed by atoms with Crippen LogP contribution in [0.15, 0.2) is 47.4 Å². The quantitative estimate of drug-likeness (QED) is 0.654. The molecule has 0 N–H and O–H groups in total. The average Bonchev–Trinajstić information content (AvgIpc) is 3.34. The van der Waals surface area contributed by atoms with Crippen molar-refractivity contribution in [2.45, 2.75) is 23.8 Å². The molecule has 1 amide bonds. The predicted molar refractivity (Wildman–Crippen MR) is 125 cm³/mol. The molecule has 0 saturated carbocycles. The van der Waals surface area contributed by atoms with Gasteiger partial charge in [0.2, 0.25) is 15.9 Å². The summed E-state index contributed by atoms with van der Waals surface area (Å²) in [5.41, 5.74) is 1.03. The van der Waals surface area contributed by atoms with Crippen LogP contribution in [-0.4, -0.2) is 75.5 Å². The standard InChI is InChI=1S/C23H26ClN3O5S/c24-17-3-1-4-18(15-17)25-9-11-26(12-10-25)23(28)20-5-2-8-27(20)33(29,30)19-6-7-21-22(16-19)32-14-13-31-21/h1,3-4,6-7,15-16,20H,2,5,8-14H2. The van der Waals surface area contributed by atoms with Crippen molar-refractivity contribution in [3.05, 3.63) is 47.5 Å². The highest BCUT2D eigenvalue weighted by Crippen LogP contribution is 2.35. The van der Waals surface area contributed by atoms with Crippen LogP contribution < -0.4 is 14.4 Å². The molecular weight excluding hydrogens is 466 g/mol. The summed E-state index contributed by atoms with van der Waals surface area (Å²) in [4.78, 5) is 17.4. The second kappa shape index (κ2) is 9.04. The number of anilines is 1. The van der Waals surface area contributed by atoms with E-state index in [1.54, 1.807) is 11.0 Å². The minimum absolute atomic E-state index is 0.122. The van der Waals surface area contributed by atoms with Crippen molar-refractivity contribution in [1.82, 2.24) is 9.21 Å². The third kappa shape index (κ3) is 4.37. The lowest BCUT2D eigenvalue weighted by Gasteiger charge is -2.38. The molecule has 1 unspecified atom stereocenters. The molecule has 2 aromatic carbocycles. The Bertz CT molecular complexity index is 1150. The Kier molecular flexibility index (Phi) is 6.11. The zero-order valence-electron chi connectivity index (χ0n) is 18.2. The first-order valence-electron chi connectivity index (χ1n) is 11.1. The molecule has 2 saturated heterocycles. The predicted octanol–water partition coefficient (Wildman–Crippen LogP) is 2.61. The van der Waals surface area contributed by atoms with Gasteiger partial charge in [0.15, 0.2) is 11.5 Å². The molecule has 0 spiro atoms. The number of fused-ring (bicyclic) bond motifs is 1. The summed E-state index contributed by atoms with van der Waals surface area (Å²) in [6, 6.07) is 11.6. The highest BCUT2D eigenvalue weighted by Gasteiger charge is 2.42. The van der Waals surface area contributed by atoms with Gasteiger partial charge in [-0.3, -0.25) is 4.79 Å². The second-order valence-electron chi connectivity index (χ2n) is 8.37. The van der Waals surface area contributed by atoms with E-state index in [-0.39, 0.29) is 10.8 Å². The SMILES string of the molecule is O=C(C1CCCN1S(=O)(=O)c1ccc2c(c1)OCCO2)N1CCN(c2cccc(Cl)c2)CC1. The zero-order chi connectivity index (χ0) is 23.0. The van der Waals surface area contributed by atoms with E-state index in [2.05, 4.69) is 4.90 Å². The lowest BCUT2D eigenvalue weighted by Crippen LogP contribution is -2.54. The summed E-state index contributed by atoms with van der Waals surface area (Å²) in [6.07, 6.45) is 1.18. The van der Waals surface area contributed by atoms with E-state index in [9.17, 15) is 13.2 Å². The van der Waals surface area contributed by atoms with Crippen LogP contribution in [0.4, 0.5) is 5.69 Å². The Morgan fingerprint density at radius 1 is 0.939 bits per heavy atom. The number of hydrogen-bond donors (Lipinski definition) is 0. The van der Waals surface area contributed by atoms with E-state index < -0.39 is 16.1 Å². The van der Waals surface area contributed by atoms with Gasteiger partial charge in [0.25, 0.3) is 0 Å². The van der Waals surface area contributed by atoms with E-state index >= 15 is 0 Å². The molecule has 8 nitrogen and oxygen atoms in total. The van der Waals surface area contributed by atoms with Crippen molar-refractivity contribution in [3.8, 4) is 11.5 Å². The van der Waals surface area contributed by atoms with Crippen LogP contribution in [0, 0.1) is 0 Å². The minimum atomic E-state index is -3.84. The number of benzene rings is 2. The molecule has 3 aliphatic heterocycles. The monoisotopic (exact) mass is 491 g/mol. The molecule has 2 aromatic rings. The third-order valence-electron chi connectivity index (χ3n) is 6.37. The van der Waals surface area contributed by atoms with Gasteiger partial charge < -0.3 is 19.3 Å². The molecule has 2 fully saturated rings. The summed E-state index contributed by atoms with van der Waals surface area (Å²) in [7, 11) is -3.84. The van der Waals surface area contributed by atoms with Crippen LogP contribution >= 0.6 is 11.6 Å². The maximum absolute atomic E-state index is 13.4. The largest absolute Gasteiger partial charge is 0.486 e. The Labute approximate surface area is 198 Å². The fraction of sp³-hybridized carbons (Fsp3) is 0.435. The van der Waals surface area contributed by atoms with Gasteiger partial charge in [-0.25, -0.2) is 8.42 Å². The summed E-state index contributed by atoms with van der Waals surface area (Å²) in [5, 5.41) is 0.678.